The smallest absolute Gasteiger partial charge is 0.454 e. The summed E-state index contributed by atoms with van der Waals surface area (Å²) in [6.07, 6.45) is 2.16. The topological polar surface area (TPSA) is 18.5 Å². The van der Waals surface area contributed by atoms with E-state index in [2.05, 4.69) is 10.8 Å². The molecule has 0 bridgehead atoms. The molecule has 32 heavy (non-hydrogen) atoms. The van der Waals surface area contributed by atoms with E-state index in [9.17, 15) is 17.6 Å². The lowest BCUT2D eigenvalue weighted by Crippen LogP contribution is -2.17. The van der Waals surface area contributed by atoms with Crippen molar-refractivity contribution in [1.29, 1.82) is 0 Å². The molecule has 0 N–H and O–H groups in total. The zero-order chi connectivity index (χ0) is 22.6. The summed E-state index contributed by atoms with van der Waals surface area (Å²) in [6, 6.07) is 19.9. The average molecular weight is 442 g/mol. The summed E-state index contributed by atoms with van der Waals surface area (Å²) >= 11 is 0. The van der Waals surface area contributed by atoms with Crippen LogP contribution in [-0.2, 0) is 6.42 Å². The van der Waals surface area contributed by atoms with E-state index >= 15 is 0 Å². The van der Waals surface area contributed by atoms with Gasteiger partial charge < -0.3 is 9.47 Å². The Kier molecular flexibility index (Phi) is 6.49. The van der Waals surface area contributed by atoms with Crippen LogP contribution >= 0.6 is 0 Å². The minimum Gasteiger partial charge on any atom is -0.454 e. The van der Waals surface area contributed by atoms with Gasteiger partial charge in [0.15, 0.2) is 11.6 Å². The van der Waals surface area contributed by atoms with Gasteiger partial charge >= 0.3 is 6.36 Å². The molecule has 2 nitrogen and oxygen atoms in total. The van der Waals surface area contributed by atoms with Crippen molar-refractivity contribution < 1.29 is 27.0 Å². The van der Waals surface area contributed by atoms with Crippen LogP contribution in [0.5, 0.6) is 17.2 Å². The first kappa shape index (κ1) is 21.9. The molecule has 0 saturated heterocycles. The monoisotopic (exact) mass is 442 g/mol. The van der Waals surface area contributed by atoms with Crippen LogP contribution in [0.4, 0.5) is 17.6 Å². The number of benzene rings is 3. The molecular formula is C26H22F4O2. The molecule has 1 fully saturated rings. The fraction of sp³-hybridized carbons (Fsp3) is 0.231. The van der Waals surface area contributed by atoms with E-state index in [4.69, 9.17) is 4.74 Å². The second-order valence-corrected chi connectivity index (χ2v) is 7.79. The molecular weight excluding hydrogens is 420 g/mol. The van der Waals surface area contributed by atoms with Gasteiger partial charge in [0.25, 0.3) is 0 Å². The molecule has 1 aliphatic carbocycles. The van der Waals surface area contributed by atoms with Crippen molar-refractivity contribution in [3.8, 4) is 17.2 Å². The highest BCUT2D eigenvalue weighted by molar-refractivity contribution is 5.37. The van der Waals surface area contributed by atoms with Crippen LogP contribution in [0.1, 0.15) is 29.9 Å². The second-order valence-electron chi connectivity index (χ2n) is 7.79. The van der Waals surface area contributed by atoms with Crippen molar-refractivity contribution in [2.24, 2.45) is 5.92 Å². The van der Waals surface area contributed by atoms with Crippen molar-refractivity contribution in [1.82, 2.24) is 0 Å². The molecule has 0 aliphatic heterocycles. The molecule has 166 valence electrons. The van der Waals surface area contributed by atoms with Gasteiger partial charge in [-0.2, -0.15) is 0 Å². The lowest BCUT2D eigenvalue weighted by Gasteiger charge is -2.14. The summed E-state index contributed by atoms with van der Waals surface area (Å²) in [5, 5.41) is 0. The van der Waals surface area contributed by atoms with E-state index in [0.717, 1.165) is 24.0 Å². The van der Waals surface area contributed by atoms with Gasteiger partial charge in [-0.15, -0.1) is 13.2 Å². The Morgan fingerprint density at radius 2 is 1.62 bits per heavy atom. The first-order valence-corrected chi connectivity index (χ1v) is 10.4. The molecule has 0 aromatic heterocycles. The zero-order valence-electron chi connectivity index (χ0n) is 17.2. The van der Waals surface area contributed by atoms with E-state index in [0.29, 0.717) is 18.1 Å². The van der Waals surface area contributed by atoms with E-state index < -0.39 is 12.2 Å². The van der Waals surface area contributed by atoms with Crippen molar-refractivity contribution in [2.75, 3.05) is 0 Å². The molecule has 0 radical (unpaired) electrons. The number of allylic oxidation sites excluding steroid dienone is 2. The van der Waals surface area contributed by atoms with E-state index in [-0.39, 0.29) is 17.4 Å². The van der Waals surface area contributed by atoms with Crippen LogP contribution in [0, 0.1) is 11.7 Å². The Labute approximate surface area is 184 Å². The maximum Gasteiger partial charge on any atom is 0.573 e. The predicted octanol–water partition coefficient (Wildman–Crippen LogP) is 7.81. The number of hydrogen-bond donors (Lipinski definition) is 0. The molecule has 6 heteroatoms. The van der Waals surface area contributed by atoms with Gasteiger partial charge in [-0.05, 0) is 72.7 Å². The molecule has 1 atom stereocenters. The Morgan fingerprint density at radius 3 is 2.28 bits per heavy atom. The predicted molar refractivity (Wildman–Crippen MR) is 114 cm³/mol. The molecule has 3 aromatic rings. The fourth-order valence-electron chi connectivity index (χ4n) is 3.61. The van der Waals surface area contributed by atoms with Crippen LogP contribution in [0.3, 0.4) is 0 Å². The third kappa shape index (κ3) is 6.13. The second kappa shape index (κ2) is 9.47. The van der Waals surface area contributed by atoms with Crippen molar-refractivity contribution in [3.05, 3.63) is 102 Å². The van der Waals surface area contributed by atoms with Gasteiger partial charge in [-0.1, -0.05) is 48.6 Å². The molecule has 0 heterocycles. The van der Waals surface area contributed by atoms with E-state index in [1.54, 1.807) is 36.4 Å². The highest BCUT2D eigenvalue weighted by Crippen LogP contribution is 2.44. The van der Waals surface area contributed by atoms with Gasteiger partial charge in [0.05, 0.1) is 0 Å². The zero-order valence-corrected chi connectivity index (χ0v) is 17.2. The minimum atomic E-state index is -4.70. The quantitative estimate of drug-likeness (QED) is 0.262. The SMILES string of the molecule is Fc1ccc(C/C=C/C(c2ccc(OC(F)(F)F)cc2)C2CC2)cc1Oc1ccccc1. The van der Waals surface area contributed by atoms with Crippen LogP contribution in [0.25, 0.3) is 0 Å². The fourth-order valence-corrected chi connectivity index (χ4v) is 3.61. The third-order valence-corrected chi connectivity index (χ3v) is 5.29. The number of hydrogen-bond acceptors (Lipinski definition) is 2. The number of para-hydroxylation sites is 1. The third-order valence-electron chi connectivity index (χ3n) is 5.29. The number of rotatable bonds is 8. The molecule has 0 amide bonds. The Morgan fingerprint density at radius 1 is 0.906 bits per heavy atom. The molecule has 1 aliphatic rings. The van der Waals surface area contributed by atoms with E-state index in [1.165, 1.54) is 18.2 Å². The summed E-state index contributed by atoms with van der Waals surface area (Å²) in [5.41, 5.74) is 1.85. The van der Waals surface area contributed by atoms with Crippen molar-refractivity contribution >= 4 is 0 Å². The molecule has 1 saturated carbocycles. The van der Waals surface area contributed by atoms with Crippen LogP contribution in [-0.4, -0.2) is 6.36 Å². The van der Waals surface area contributed by atoms with Gasteiger partial charge in [0.1, 0.15) is 11.5 Å². The highest BCUT2D eigenvalue weighted by Gasteiger charge is 2.32. The normalized spacial score (nSPS) is 15.0. The van der Waals surface area contributed by atoms with Crippen LogP contribution < -0.4 is 9.47 Å². The summed E-state index contributed by atoms with van der Waals surface area (Å²) in [6.45, 7) is 0. The van der Waals surface area contributed by atoms with Crippen molar-refractivity contribution in [2.45, 2.75) is 31.5 Å². The molecule has 3 aromatic carbocycles. The number of halogens is 4. The summed E-state index contributed by atoms with van der Waals surface area (Å²) in [7, 11) is 0. The van der Waals surface area contributed by atoms with E-state index in [1.807, 2.05) is 24.3 Å². The standard InChI is InChI=1S/C26H22F4O2/c27-24-16-9-18(17-25(24)31-21-6-2-1-3-7-21)5-4-8-23(19-10-11-19)20-12-14-22(15-13-20)32-26(28,29)30/h1-4,6-9,12-17,19,23H,5,10-11H2/b8-4+. The van der Waals surface area contributed by atoms with Gasteiger partial charge in [0.2, 0.25) is 0 Å². The number of alkyl halides is 3. The number of ether oxygens (including phenoxy) is 2. The lowest BCUT2D eigenvalue weighted by molar-refractivity contribution is -0.274. The first-order chi connectivity index (χ1) is 15.4. The largest absolute Gasteiger partial charge is 0.573 e. The maximum absolute atomic E-state index is 14.2. The van der Waals surface area contributed by atoms with Crippen LogP contribution in [0.15, 0.2) is 84.9 Å². The molecule has 0 spiro atoms. The summed E-state index contributed by atoms with van der Waals surface area (Å²) < 4.78 is 60.9. The van der Waals surface area contributed by atoms with Gasteiger partial charge in [-0.3, -0.25) is 0 Å². The highest BCUT2D eigenvalue weighted by atomic mass is 19.4. The maximum atomic E-state index is 14.2. The summed E-state index contributed by atoms with van der Waals surface area (Å²) in [5.74, 6) is 0.670. The minimum absolute atomic E-state index is 0.121. The van der Waals surface area contributed by atoms with Crippen LogP contribution in [0.2, 0.25) is 0 Å². The first-order valence-electron chi connectivity index (χ1n) is 10.4. The molecule has 4 rings (SSSR count). The Balaban J connectivity index is 1.43. The average Bonchev–Trinajstić information content (AvgIpc) is 3.59. The Bertz CT molecular complexity index is 1060. The lowest BCUT2D eigenvalue weighted by atomic mass is 9.93. The molecule has 1 unspecified atom stereocenters. The van der Waals surface area contributed by atoms with Crippen molar-refractivity contribution in [3.63, 3.8) is 0 Å². The summed E-state index contributed by atoms with van der Waals surface area (Å²) in [4.78, 5) is 0. The van der Waals surface area contributed by atoms with Gasteiger partial charge in [-0.25, -0.2) is 4.39 Å². The Hall–Kier alpha value is -3.28. The van der Waals surface area contributed by atoms with Gasteiger partial charge in [0, 0.05) is 5.92 Å².